The Labute approximate surface area is 153 Å². The van der Waals surface area contributed by atoms with Crippen molar-refractivity contribution in [2.24, 2.45) is 0 Å². The summed E-state index contributed by atoms with van der Waals surface area (Å²) in [6.45, 7) is 1.32. The number of hydrogen-bond acceptors (Lipinski definition) is 3. The number of carbonyl (C=O) groups excluding carboxylic acids is 2. The molecule has 1 aliphatic rings. The van der Waals surface area contributed by atoms with Gasteiger partial charge in [0.2, 0.25) is 5.91 Å². The fraction of sp³-hybridized carbons (Fsp3) is 0.333. The number of carbonyl (C=O) groups is 2. The average Bonchev–Trinajstić information content (AvgIpc) is 3.19. The molecule has 0 radical (unpaired) electrons. The number of aryl methyl sites for hydroxylation is 1. The molecule has 0 aliphatic carbocycles. The first kappa shape index (κ1) is 18.1. The van der Waals surface area contributed by atoms with Crippen LogP contribution < -0.4 is 10.6 Å². The fourth-order valence-electron chi connectivity index (χ4n) is 2.94. The Balaban J connectivity index is 1.44. The van der Waals surface area contributed by atoms with Crippen LogP contribution in [0.1, 0.15) is 35.2 Å². The minimum Gasteiger partial charge on any atom is -0.376 e. The quantitative estimate of drug-likeness (QED) is 0.804. The van der Waals surface area contributed by atoms with Crippen LogP contribution in [0.15, 0.2) is 54.6 Å². The number of anilines is 1. The second-order valence-corrected chi connectivity index (χ2v) is 6.46. The number of ether oxygens (including phenoxy) is 1. The summed E-state index contributed by atoms with van der Waals surface area (Å²) in [4.78, 5) is 24.2. The van der Waals surface area contributed by atoms with Crippen LogP contribution in [0, 0.1) is 0 Å². The standard InChI is InChI=1S/C21H24N2O3/c24-20(13-8-16-5-2-1-3-6-16)23-18-11-9-17(10-12-18)21(25)22-15-19-7-4-14-26-19/h1-3,5-6,9-12,19H,4,7-8,13-15H2,(H,22,25)(H,23,24)/t19-/m0/s1. The van der Waals surface area contributed by atoms with Gasteiger partial charge in [-0.25, -0.2) is 0 Å². The van der Waals surface area contributed by atoms with Gasteiger partial charge < -0.3 is 15.4 Å². The summed E-state index contributed by atoms with van der Waals surface area (Å²) in [5, 5.41) is 5.75. The van der Waals surface area contributed by atoms with Gasteiger partial charge in [-0.05, 0) is 49.1 Å². The molecule has 5 heteroatoms. The van der Waals surface area contributed by atoms with E-state index in [9.17, 15) is 9.59 Å². The summed E-state index contributed by atoms with van der Waals surface area (Å²) in [6, 6.07) is 16.9. The van der Waals surface area contributed by atoms with E-state index in [1.54, 1.807) is 24.3 Å². The van der Waals surface area contributed by atoms with Crippen LogP contribution in [0.3, 0.4) is 0 Å². The summed E-state index contributed by atoms with van der Waals surface area (Å²) < 4.78 is 5.49. The van der Waals surface area contributed by atoms with E-state index in [-0.39, 0.29) is 17.9 Å². The highest BCUT2D eigenvalue weighted by molar-refractivity contribution is 5.95. The molecule has 2 N–H and O–H groups in total. The Morgan fingerprint density at radius 3 is 2.50 bits per heavy atom. The second-order valence-electron chi connectivity index (χ2n) is 6.46. The van der Waals surface area contributed by atoms with Crippen molar-refractivity contribution in [2.75, 3.05) is 18.5 Å². The number of amides is 2. The monoisotopic (exact) mass is 352 g/mol. The molecule has 0 saturated carbocycles. The molecule has 5 nitrogen and oxygen atoms in total. The smallest absolute Gasteiger partial charge is 0.251 e. The van der Waals surface area contributed by atoms with Gasteiger partial charge in [-0.2, -0.15) is 0 Å². The first-order chi connectivity index (χ1) is 12.7. The molecule has 0 spiro atoms. The zero-order valence-electron chi connectivity index (χ0n) is 14.7. The highest BCUT2D eigenvalue weighted by Gasteiger charge is 2.16. The van der Waals surface area contributed by atoms with Gasteiger partial charge in [0.25, 0.3) is 5.91 Å². The first-order valence-electron chi connectivity index (χ1n) is 9.04. The van der Waals surface area contributed by atoms with E-state index in [0.717, 1.165) is 25.0 Å². The number of rotatable bonds is 7. The van der Waals surface area contributed by atoms with Gasteiger partial charge in [0.05, 0.1) is 6.10 Å². The lowest BCUT2D eigenvalue weighted by atomic mass is 10.1. The van der Waals surface area contributed by atoms with E-state index < -0.39 is 0 Å². The molecule has 2 aromatic rings. The van der Waals surface area contributed by atoms with Crippen molar-refractivity contribution in [1.82, 2.24) is 5.32 Å². The van der Waals surface area contributed by atoms with E-state index in [0.29, 0.717) is 30.6 Å². The van der Waals surface area contributed by atoms with Gasteiger partial charge >= 0.3 is 0 Å². The van der Waals surface area contributed by atoms with Gasteiger partial charge in [-0.1, -0.05) is 30.3 Å². The summed E-state index contributed by atoms with van der Waals surface area (Å²) in [6.07, 6.45) is 3.31. The summed E-state index contributed by atoms with van der Waals surface area (Å²) in [5.74, 6) is -0.160. The number of nitrogens with one attached hydrogen (secondary N) is 2. The maximum atomic E-state index is 12.1. The van der Waals surface area contributed by atoms with Crippen molar-refractivity contribution in [3.8, 4) is 0 Å². The largest absolute Gasteiger partial charge is 0.376 e. The molecule has 1 saturated heterocycles. The molecule has 3 rings (SSSR count). The van der Waals surface area contributed by atoms with E-state index in [4.69, 9.17) is 4.74 Å². The third-order valence-corrected chi connectivity index (χ3v) is 4.43. The van der Waals surface area contributed by atoms with Gasteiger partial charge in [-0.15, -0.1) is 0 Å². The molecule has 1 atom stereocenters. The molecule has 0 unspecified atom stereocenters. The molecule has 1 aliphatic heterocycles. The van der Waals surface area contributed by atoms with Crippen LogP contribution >= 0.6 is 0 Å². The van der Waals surface area contributed by atoms with E-state index in [2.05, 4.69) is 10.6 Å². The molecular formula is C21H24N2O3. The molecule has 0 aromatic heterocycles. The van der Waals surface area contributed by atoms with Crippen LogP contribution in [0.4, 0.5) is 5.69 Å². The van der Waals surface area contributed by atoms with Crippen molar-refractivity contribution in [3.63, 3.8) is 0 Å². The Morgan fingerprint density at radius 1 is 1.04 bits per heavy atom. The molecule has 0 bridgehead atoms. The number of hydrogen-bond donors (Lipinski definition) is 2. The zero-order chi connectivity index (χ0) is 18.2. The first-order valence-corrected chi connectivity index (χ1v) is 9.04. The Hall–Kier alpha value is -2.66. The lowest BCUT2D eigenvalue weighted by molar-refractivity contribution is -0.116. The lowest BCUT2D eigenvalue weighted by Crippen LogP contribution is -2.31. The normalized spacial score (nSPS) is 16.2. The predicted octanol–water partition coefficient (Wildman–Crippen LogP) is 3.17. The highest BCUT2D eigenvalue weighted by atomic mass is 16.5. The minimum atomic E-state index is -0.123. The van der Waals surface area contributed by atoms with E-state index >= 15 is 0 Å². The molecule has 26 heavy (non-hydrogen) atoms. The van der Waals surface area contributed by atoms with Crippen molar-refractivity contribution < 1.29 is 14.3 Å². The zero-order valence-corrected chi connectivity index (χ0v) is 14.7. The van der Waals surface area contributed by atoms with E-state index in [1.807, 2.05) is 30.3 Å². The molecule has 2 amide bonds. The van der Waals surface area contributed by atoms with Gasteiger partial charge in [0.15, 0.2) is 0 Å². The summed E-state index contributed by atoms with van der Waals surface area (Å²) in [7, 11) is 0. The van der Waals surface area contributed by atoms with Gasteiger partial charge in [0, 0.05) is 30.8 Å². The van der Waals surface area contributed by atoms with Crippen LogP contribution in [-0.4, -0.2) is 31.1 Å². The molecule has 2 aromatic carbocycles. The third kappa shape index (κ3) is 5.43. The molecule has 1 fully saturated rings. The predicted molar refractivity (Wildman–Crippen MR) is 101 cm³/mol. The van der Waals surface area contributed by atoms with Crippen LogP contribution in [-0.2, 0) is 16.0 Å². The molecule has 1 heterocycles. The van der Waals surface area contributed by atoms with Gasteiger partial charge in [0.1, 0.15) is 0 Å². The van der Waals surface area contributed by atoms with Crippen molar-refractivity contribution in [3.05, 3.63) is 65.7 Å². The molecule has 136 valence electrons. The Kier molecular flexibility index (Phi) is 6.39. The van der Waals surface area contributed by atoms with Crippen LogP contribution in [0.2, 0.25) is 0 Å². The van der Waals surface area contributed by atoms with Crippen molar-refractivity contribution >= 4 is 17.5 Å². The second kappa shape index (κ2) is 9.15. The Bertz CT molecular complexity index is 723. The highest BCUT2D eigenvalue weighted by Crippen LogP contribution is 2.13. The lowest BCUT2D eigenvalue weighted by Gasteiger charge is -2.11. The molecular weight excluding hydrogens is 328 g/mol. The van der Waals surface area contributed by atoms with E-state index in [1.165, 1.54) is 0 Å². The maximum absolute atomic E-state index is 12.1. The topological polar surface area (TPSA) is 67.4 Å². The van der Waals surface area contributed by atoms with Crippen molar-refractivity contribution in [2.45, 2.75) is 31.8 Å². The SMILES string of the molecule is O=C(CCc1ccccc1)Nc1ccc(C(=O)NC[C@@H]2CCCO2)cc1. The fourth-order valence-corrected chi connectivity index (χ4v) is 2.94. The summed E-state index contributed by atoms with van der Waals surface area (Å²) in [5.41, 5.74) is 2.41. The van der Waals surface area contributed by atoms with Crippen LogP contribution in [0.25, 0.3) is 0 Å². The maximum Gasteiger partial charge on any atom is 0.251 e. The van der Waals surface area contributed by atoms with Crippen molar-refractivity contribution in [1.29, 1.82) is 0 Å². The average molecular weight is 352 g/mol. The number of benzene rings is 2. The van der Waals surface area contributed by atoms with Crippen LogP contribution in [0.5, 0.6) is 0 Å². The minimum absolute atomic E-state index is 0.0376. The third-order valence-electron chi connectivity index (χ3n) is 4.43. The Morgan fingerprint density at radius 2 is 1.81 bits per heavy atom. The summed E-state index contributed by atoms with van der Waals surface area (Å²) >= 11 is 0. The van der Waals surface area contributed by atoms with Gasteiger partial charge in [-0.3, -0.25) is 9.59 Å².